The van der Waals surface area contributed by atoms with Crippen LogP contribution in [0.2, 0.25) is 5.02 Å². The molecule has 1 heterocycles. The lowest BCUT2D eigenvalue weighted by molar-refractivity contribution is -0.115. The minimum atomic E-state index is -1.16. The van der Waals surface area contributed by atoms with Crippen molar-refractivity contribution in [3.8, 4) is 0 Å². The number of alkyl halides is 1. The van der Waals surface area contributed by atoms with Crippen molar-refractivity contribution < 1.29 is 14.0 Å². The van der Waals surface area contributed by atoms with Gasteiger partial charge in [-0.15, -0.1) is 0 Å². The number of benzene rings is 1. The van der Waals surface area contributed by atoms with E-state index >= 15 is 0 Å². The van der Waals surface area contributed by atoms with E-state index in [0.717, 1.165) is 12.0 Å². The van der Waals surface area contributed by atoms with Crippen molar-refractivity contribution in [3.05, 3.63) is 58.9 Å². The maximum absolute atomic E-state index is 14.2. The third-order valence-electron chi connectivity index (χ3n) is 4.84. The summed E-state index contributed by atoms with van der Waals surface area (Å²) in [6.45, 7) is 1.95. The molecular weight excluding hydrogens is 381 g/mol. The van der Waals surface area contributed by atoms with Crippen molar-refractivity contribution in [1.29, 1.82) is 0 Å². The summed E-state index contributed by atoms with van der Waals surface area (Å²) in [7, 11) is 0. The number of rotatable bonds is 7. The van der Waals surface area contributed by atoms with Crippen LogP contribution in [0.15, 0.2) is 42.6 Å². The predicted octanol–water partition coefficient (Wildman–Crippen LogP) is 4.32. The Morgan fingerprint density at radius 1 is 1.29 bits per heavy atom. The molecule has 0 radical (unpaired) electrons. The summed E-state index contributed by atoms with van der Waals surface area (Å²) >= 11 is 6.08. The molecule has 1 fully saturated rings. The van der Waals surface area contributed by atoms with Gasteiger partial charge in [0, 0.05) is 35.8 Å². The highest BCUT2D eigenvalue weighted by Crippen LogP contribution is 2.40. The van der Waals surface area contributed by atoms with Gasteiger partial charge in [0.1, 0.15) is 11.4 Å². The fraction of sp³-hybridized carbons (Fsp3) is 0.381. The van der Waals surface area contributed by atoms with Crippen LogP contribution >= 0.6 is 11.6 Å². The van der Waals surface area contributed by atoms with Crippen LogP contribution in [-0.4, -0.2) is 28.5 Å². The number of pyridine rings is 1. The summed E-state index contributed by atoms with van der Waals surface area (Å²) in [5, 5.41) is 6.08. The summed E-state index contributed by atoms with van der Waals surface area (Å²) in [5.41, 5.74) is 0.216. The normalized spacial score (nSPS) is 20.9. The van der Waals surface area contributed by atoms with Crippen molar-refractivity contribution in [2.24, 2.45) is 0 Å². The molecule has 0 bridgehead atoms. The summed E-state index contributed by atoms with van der Waals surface area (Å²) in [4.78, 5) is 28.7. The second-order valence-corrected chi connectivity index (χ2v) is 7.63. The lowest BCUT2D eigenvalue weighted by atomic mass is 9.74. The van der Waals surface area contributed by atoms with Gasteiger partial charge in [0.25, 0.3) is 5.91 Å². The van der Waals surface area contributed by atoms with Gasteiger partial charge in [-0.05, 0) is 30.2 Å². The van der Waals surface area contributed by atoms with E-state index in [4.69, 9.17) is 11.6 Å². The number of anilines is 1. The number of nitrogens with one attached hydrogen (secondary N) is 2. The monoisotopic (exact) mass is 403 g/mol. The zero-order valence-corrected chi connectivity index (χ0v) is 16.4. The molecular formula is C21H23ClFN3O2. The number of hydrogen-bond donors (Lipinski definition) is 2. The first-order valence-corrected chi connectivity index (χ1v) is 9.75. The van der Waals surface area contributed by atoms with Crippen LogP contribution in [0.5, 0.6) is 0 Å². The molecule has 0 unspecified atom stereocenters. The molecule has 2 N–H and O–H groups in total. The van der Waals surface area contributed by atoms with Crippen LogP contribution in [0.1, 0.15) is 48.7 Å². The first-order valence-electron chi connectivity index (χ1n) is 9.37. The predicted molar refractivity (Wildman–Crippen MR) is 107 cm³/mol. The summed E-state index contributed by atoms with van der Waals surface area (Å²) < 4.78 is 14.2. The van der Waals surface area contributed by atoms with Gasteiger partial charge in [0.05, 0.1) is 6.42 Å². The maximum Gasteiger partial charge on any atom is 0.270 e. The van der Waals surface area contributed by atoms with Gasteiger partial charge in [-0.2, -0.15) is 0 Å². The average molecular weight is 404 g/mol. The van der Waals surface area contributed by atoms with Gasteiger partial charge in [0.2, 0.25) is 5.91 Å². The molecule has 2 aromatic rings. The third kappa shape index (κ3) is 5.07. The van der Waals surface area contributed by atoms with Crippen molar-refractivity contribution in [2.75, 3.05) is 5.32 Å². The molecule has 28 heavy (non-hydrogen) atoms. The minimum Gasteiger partial charge on any atom is -0.348 e. The smallest absolute Gasteiger partial charge is 0.270 e. The van der Waals surface area contributed by atoms with Crippen LogP contribution in [-0.2, 0) is 11.2 Å². The van der Waals surface area contributed by atoms with E-state index in [1.54, 1.807) is 24.3 Å². The maximum atomic E-state index is 14.2. The number of hydrogen-bond acceptors (Lipinski definition) is 3. The number of aromatic nitrogens is 1. The minimum absolute atomic E-state index is 0.127. The highest BCUT2D eigenvalue weighted by Gasteiger charge is 2.44. The number of amides is 2. The van der Waals surface area contributed by atoms with Crippen LogP contribution < -0.4 is 10.6 Å². The van der Waals surface area contributed by atoms with E-state index in [-0.39, 0.29) is 30.0 Å². The molecule has 3 rings (SSSR count). The Kier molecular flexibility index (Phi) is 6.29. The summed E-state index contributed by atoms with van der Waals surface area (Å²) in [5.74, 6) is -0.614. The van der Waals surface area contributed by atoms with Crippen LogP contribution in [0.4, 0.5) is 10.1 Å². The standard InChI is InChI=1S/C21H23ClFN3O2/c1-2-8-21(23)12-16(13-21)26-20(28)18-11-15(7-9-24-18)25-19(27)10-14-5-3-4-6-17(14)22/h3-7,9,11,16H,2,8,10,12-13H2,1H3,(H,26,28)(H,24,25,27). The zero-order chi connectivity index (χ0) is 20.1. The molecule has 1 aromatic carbocycles. The third-order valence-corrected chi connectivity index (χ3v) is 5.21. The molecule has 0 saturated heterocycles. The van der Waals surface area contributed by atoms with E-state index in [1.165, 1.54) is 12.3 Å². The van der Waals surface area contributed by atoms with Gasteiger partial charge in [0.15, 0.2) is 0 Å². The quantitative estimate of drug-likeness (QED) is 0.723. The molecule has 1 aromatic heterocycles. The molecule has 1 saturated carbocycles. The molecule has 148 valence electrons. The Balaban J connectivity index is 1.56. The van der Waals surface area contributed by atoms with E-state index < -0.39 is 5.67 Å². The number of halogens is 2. The molecule has 2 amide bonds. The van der Waals surface area contributed by atoms with E-state index in [2.05, 4.69) is 15.6 Å². The van der Waals surface area contributed by atoms with Crippen molar-refractivity contribution in [2.45, 2.75) is 50.7 Å². The Hall–Kier alpha value is -2.47. The van der Waals surface area contributed by atoms with Gasteiger partial charge in [-0.25, -0.2) is 4.39 Å². The highest BCUT2D eigenvalue weighted by atomic mass is 35.5. The molecule has 1 aliphatic rings. The second-order valence-electron chi connectivity index (χ2n) is 7.23. The van der Waals surface area contributed by atoms with Gasteiger partial charge >= 0.3 is 0 Å². The second kappa shape index (κ2) is 8.69. The van der Waals surface area contributed by atoms with Gasteiger partial charge < -0.3 is 10.6 Å². The fourth-order valence-electron chi connectivity index (χ4n) is 3.49. The number of carbonyl (C=O) groups excluding carboxylic acids is 2. The van der Waals surface area contributed by atoms with E-state index in [1.807, 2.05) is 13.0 Å². The number of carbonyl (C=O) groups is 2. The summed E-state index contributed by atoms with van der Waals surface area (Å²) in [6, 6.07) is 10.1. The topological polar surface area (TPSA) is 71.1 Å². The Morgan fingerprint density at radius 3 is 2.75 bits per heavy atom. The first-order chi connectivity index (χ1) is 13.4. The fourth-order valence-corrected chi connectivity index (χ4v) is 3.69. The zero-order valence-electron chi connectivity index (χ0n) is 15.7. The van der Waals surface area contributed by atoms with Crippen molar-refractivity contribution in [3.63, 3.8) is 0 Å². The molecule has 5 nitrogen and oxygen atoms in total. The van der Waals surface area contributed by atoms with Gasteiger partial charge in [-0.3, -0.25) is 14.6 Å². The van der Waals surface area contributed by atoms with Crippen molar-refractivity contribution >= 4 is 29.1 Å². The largest absolute Gasteiger partial charge is 0.348 e. The summed E-state index contributed by atoms with van der Waals surface area (Å²) in [6.07, 6.45) is 3.56. The van der Waals surface area contributed by atoms with Gasteiger partial charge in [-0.1, -0.05) is 43.1 Å². The van der Waals surface area contributed by atoms with Crippen LogP contribution in [0.25, 0.3) is 0 Å². The Morgan fingerprint density at radius 2 is 2.04 bits per heavy atom. The van der Waals surface area contributed by atoms with Crippen LogP contribution in [0, 0.1) is 0 Å². The molecule has 0 aliphatic heterocycles. The van der Waals surface area contributed by atoms with Crippen molar-refractivity contribution in [1.82, 2.24) is 10.3 Å². The van der Waals surface area contributed by atoms with E-state index in [9.17, 15) is 14.0 Å². The lowest BCUT2D eigenvalue weighted by Crippen LogP contribution is -2.52. The molecule has 1 aliphatic carbocycles. The lowest BCUT2D eigenvalue weighted by Gasteiger charge is -2.41. The van der Waals surface area contributed by atoms with E-state index in [0.29, 0.717) is 30.0 Å². The van der Waals surface area contributed by atoms with Crippen LogP contribution in [0.3, 0.4) is 0 Å². The average Bonchev–Trinajstić information content (AvgIpc) is 2.63. The first kappa shape index (κ1) is 20.3. The molecule has 7 heteroatoms. The Labute approximate surface area is 168 Å². The SMILES string of the molecule is CCCC1(F)CC(NC(=O)c2cc(NC(=O)Cc3ccccc3Cl)ccn2)C1. The molecule has 0 atom stereocenters. The number of nitrogens with zero attached hydrogens (tertiary/aromatic N) is 1. The highest BCUT2D eigenvalue weighted by molar-refractivity contribution is 6.31. The molecule has 0 spiro atoms. The Bertz CT molecular complexity index is 868.